The topological polar surface area (TPSA) is 79.8 Å². The molecule has 2 rings (SSSR count). The molecule has 23 heavy (non-hydrogen) atoms. The fourth-order valence-electron chi connectivity index (χ4n) is 2.02. The van der Waals surface area contributed by atoms with E-state index in [0.29, 0.717) is 11.3 Å². The van der Waals surface area contributed by atoms with Crippen molar-refractivity contribution < 1.29 is 14.3 Å². The number of anilines is 1. The Kier molecular flexibility index (Phi) is 5.28. The molecule has 2 amide bonds. The van der Waals surface area contributed by atoms with Crippen molar-refractivity contribution in [2.24, 2.45) is 11.0 Å². The summed E-state index contributed by atoms with van der Waals surface area (Å²) in [5, 5.41) is 6.87. The molecule has 1 aliphatic rings. The van der Waals surface area contributed by atoms with Gasteiger partial charge in [-0.25, -0.2) is 5.43 Å². The normalized spacial score (nSPS) is 17.1. The third-order valence-corrected chi connectivity index (χ3v) is 3.68. The molecule has 0 aromatic heterocycles. The molecule has 0 bridgehead atoms. The van der Waals surface area contributed by atoms with Crippen molar-refractivity contribution in [2.75, 3.05) is 5.32 Å². The molecule has 0 saturated carbocycles. The van der Waals surface area contributed by atoms with Gasteiger partial charge >= 0.3 is 0 Å². The predicted molar refractivity (Wildman–Crippen MR) is 89.9 cm³/mol. The Hall–Kier alpha value is -2.05. The van der Waals surface area contributed by atoms with E-state index in [1.54, 1.807) is 6.92 Å². The Balaban J connectivity index is 2.22. The van der Waals surface area contributed by atoms with Gasteiger partial charge in [0, 0.05) is 19.0 Å². The molecule has 1 aromatic carbocycles. The average Bonchev–Trinajstić information content (AvgIpc) is 2.43. The van der Waals surface area contributed by atoms with E-state index in [1.165, 1.54) is 19.1 Å². The van der Waals surface area contributed by atoms with Gasteiger partial charge in [-0.1, -0.05) is 35.4 Å². The number of nitrogens with one attached hydrogen (secondary N) is 2. The lowest BCUT2D eigenvalue weighted by atomic mass is 9.96. The van der Waals surface area contributed by atoms with Crippen LogP contribution >= 0.6 is 23.2 Å². The first-order chi connectivity index (χ1) is 10.8. The van der Waals surface area contributed by atoms with Crippen molar-refractivity contribution in [1.82, 2.24) is 5.43 Å². The standard InChI is InChI=1S/C15H15Cl2N3O3/c1-7(2)10-6-13(19-20-15(10)22)23-14-11(16)4-9(5-12(14)17)18-8(3)21/h4-5,10H,1,6H2,2-3H3,(H,18,21)(H,20,22). The van der Waals surface area contributed by atoms with Crippen molar-refractivity contribution in [2.45, 2.75) is 20.3 Å². The summed E-state index contributed by atoms with van der Waals surface area (Å²) in [4.78, 5) is 22.8. The molecule has 122 valence electrons. The molecular weight excluding hydrogens is 341 g/mol. The quantitative estimate of drug-likeness (QED) is 0.815. The number of rotatable bonds is 3. The van der Waals surface area contributed by atoms with Gasteiger partial charge in [-0.15, -0.1) is 5.10 Å². The Bertz CT molecular complexity index is 693. The third-order valence-electron chi connectivity index (χ3n) is 3.12. The predicted octanol–water partition coefficient (Wildman–Crippen LogP) is 3.36. The number of amides is 2. The van der Waals surface area contributed by atoms with Crippen molar-refractivity contribution >= 4 is 46.6 Å². The molecule has 0 fully saturated rings. The van der Waals surface area contributed by atoms with Crippen molar-refractivity contribution in [1.29, 1.82) is 0 Å². The maximum Gasteiger partial charge on any atom is 0.247 e. The zero-order valence-electron chi connectivity index (χ0n) is 12.6. The minimum atomic E-state index is -0.418. The first-order valence-corrected chi connectivity index (χ1v) is 7.50. The largest absolute Gasteiger partial charge is 0.438 e. The highest BCUT2D eigenvalue weighted by Gasteiger charge is 2.27. The summed E-state index contributed by atoms with van der Waals surface area (Å²) in [6.07, 6.45) is 0.265. The highest BCUT2D eigenvalue weighted by atomic mass is 35.5. The van der Waals surface area contributed by atoms with Gasteiger partial charge in [0.15, 0.2) is 5.75 Å². The van der Waals surface area contributed by atoms with E-state index in [2.05, 4.69) is 22.4 Å². The number of hydrogen-bond acceptors (Lipinski definition) is 4. The third kappa shape index (κ3) is 4.24. The minimum absolute atomic E-state index is 0.206. The molecule has 0 spiro atoms. The Morgan fingerprint density at radius 3 is 2.52 bits per heavy atom. The fraction of sp³-hybridized carbons (Fsp3) is 0.267. The number of hydrazone groups is 1. The number of ether oxygens (including phenoxy) is 1. The molecule has 1 heterocycles. The van der Waals surface area contributed by atoms with E-state index in [-0.39, 0.29) is 39.9 Å². The highest BCUT2D eigenvalue weighted by molar-refractivity contribution is 6.38. The van der Waals surface area contributed by atoms with Crippen molar-refractivity contribution in [3.63, 3.8) is 0 Å². The second-order valence-electron chi connectivity index (χ2n) is 5.14. The number of carbonyl (C=O) groups is 2. The molecule has 1 unspecified atom stereocenters. The van der Waals surface area contributed by atoms with Crippen LogP contribution in [-0.2, 0) is 9.59 Å². The monoisotopic (exact) mass is 355 g/mol. The van der Waals surface area contributed by atoms with Gasteiger partial charge in [-0.3, -0.25) is 9.59 Å². The minimum Gasteiger partial charge on any atom is -0.438 e. The molecule has 6 nitrogen and oxygen atoms in total. The first-order valence-electron chi connectivity index (χ1n) is 6.74. The van der Waals surface area contributed by atoms with Gasteiger partial charge < -0.3 is 10.1 Å². The van der Waals surface area contributed by atoms with Gasteiger partial charge in [-0.05, 0) is 19.1 Å². The average molecular weight is 356 g/mol. The van der Waals surface area contributed by atoms with Crippen LogP contribution in [0.25, 0.3) is 0 Å². The molecule has 0 radical (unpaired) electrons. The summed E-state index contributed by atoms with van der Waals surface area (Å²) in [6.45, 7) is 6.92. The lowest BCUT2D eigenvalue weighted by Gasteiger charge is -2.22. The van der Waals surface area contributed by atoms with Crippen LogP contribution in [0.15, 0.2) is 29.4 Å². The van der Waals surface area contributed by atoms with E-state index >= 15 is 0 Å². The van der Waals surface area contributed by atoms with E-state index in [0.717, 1.165) is 0 Å². The second kappa shape index (κ2) is 7.02. The molecule has 0 aliphatic carbocycles. The smallest absolute Gasteiger partial charge is 0.247 e. The molecular formula is C15H15Cl2N3O3. The summed E-state index contributed by atoms with van der Waals surface area (Å²) in [5.74, 6) is -0.414. The highest BCUT2D eigenvalue weighted by Crippen LogP contribution is 2.37. The van der Waals surface area contributed by atoms with E-state index in [9.17, 15) is 9.59 Å². The lowest BCUT2D eigenvalue weighted by Crippen LogP contribution is -2.36. The van der Waals surface area contributed by atoms with Crippen LogP contribution in [0, 0.1) is 5.92 Å². The zero-order chi connectivity index (χ0) is 17.1. The summed E-state index contributed by atoms with van der Waals surface area (Å²) in [5.41, 5.74) is 3.54. The Morgan fingerprint density at radius 2 is 2.00 bits per heavy atom. The van der Waals surface area contributed by atoms with Crippen LogP contribution in [0.2, 0.25) is 10.0 Å². The van der Waals surface area contributed by atoms with Gasteiger partial charge in [0.1, 0.15) is 0 Å². The number of benzene rings is 1. The summed E-state index contributed by atoms with van der Waals surface area (Å²) in [6, 6.07) is 3.03. The SMILES string of the molecule is C=C(C)C1CC(Oc2c(Cl)cc(NC(C)=O)cc2Cl)=NNC1=O. The lowest BCUT2D eigenvalue weighted by molar-refractivity contribution is -0.124. The van der Waals surface area contributed by atoms with Crippen LogP contribution < -0.4 is 15.5 Å². The number of carbonyl (C=O) groups excluding carboxylic acids is 2. The first kappa shape index (κ1) is 17.3. The van der Waals surface area contributed by atoms with E-state index in [4.69, 9.17) is 27.9 Å². The van der Waals surface area contributed by atoms with Crippen molar-refractivity contribution in [3.05, 3.63) is 34.3 Å². The van der Waals surface area contributed by atoms with E-state index < -0.39 is 5.92 Å². The van der Waals surface area contributed by atoms with Crippen molar-refractivity contribution in [3.8, 4) is 5.75 Å². The van der Waals surface area contributed by atoms with Crippen LogP contribution in [0.5, 0.6) is 5.75 Å². The van der Waals surface area contributed by atoms with Crippen LogP contribution in [0.3, 0.4) is 0 Å². The Morgan fingerprint density at radius 1 is 1.39 bits per heavy atom. The molecule has 2 N–H and O–H groups in total. The number of halogens is 2. The summed E-state index contributed by atoms with van der Waals surface area (Å²) in [7, 11) is 0. The van der Waals surface area contributed by atoms with Gasteiger partial charge in [0.25, 0.3) is 0 Å². The fourth-order valence-corrected chi connectivity index (χ4v) is 2.59. The number of nitrogens with zero attached hydrogens (tertiary/aromatic N) is 1. The summed E-state index contributed by atoms with van der Waals surface area (Å²) < 4.78 is 5.62. The van der Waals surface area contributed by atoms with Gasteiger partial charge in [0.2, 0.25) is 17.7 Å². The zero-order valence-corrected chi connectivity index (χ0v) is 14.1. The van der Waals surface area contributed by atoms with Crippen LogP contribution in [0.4, 0.5) is 5.69 Å². The van der Waals surface area contributed by atoms with Gasteiger partial charge in [0.05, 0.1) is 16.0 Å². The number of hydrogen-bond donors (Lipinski definition) is 2. The molecule has 0 saturated heterocycles. The second-order valence-corrected chi connectivity index (χ2v) is 5.95. The molecule has 1 atom stereocenters. The summed E-state index contributed by atoms with van der Waals surface area (Å²) >= 11 is 12.3. The Labute approximate surface area is 143 Å². The maximum atomic E-state index is 11.7. The van der Waals surface area contributed by atoms with Gasteiger partial charge in [-0.2, -0.15) is 0 Å². The van der Waals surface area contributed by atoms with Crippen LogP contribution in [-0.4, -0.2) is 17.7 Å². The molecule has 1 aliphatic heterocycles. The van der Waals surface area contributed by atoms with E-state index in [1.807, 2.05) is 0 Å². The maximum absolute atomic E-state index is 11.7. The molecule has 8 heteroatoms. The van der Waals surface area contributed by atoms with Crippen LogP contribution in [0.1, 0.15) is 20.3 Å². The molecule has 1 aromatic rings.